The Kier molecular flexibility index (Phi) is 6.30. The zero-order valence-corrected chi connectivity index (χ0v) is 19.8. The van der Waals surface area contributed by atoms with Crippen LogP contribution in [-0.2, 0) is 4.74 Å². The highest BCUT2D eigenvalue weighted by Gasteiger charge is 2.45. The molecule has 12 heteroatoms. The number of nitrogens with two attached hydrogens (primary N) is 1. The molecule has 0 saturated heterocycles. The number of pyridine rings is 1. The quantitative estimate of drug-likeness (QED) is 0.387. The van der Waals surface area contributed by atoms with Crippen molar-refractivity contribution in [2.45, 2.75) is 52.5 Å². The molecule has 3 aromatic rings. The molecule has 11 nitrogen and oxygen atoms in total. The van der Waals surface area contributed by atoms with Crippen LogP contribution < -0.4 is 11.1 Å². The molecule has 3 N–H and O–H groups in total. The molecule has 35 heavy (non-hydrogen) atoms. The summed E-state index contributed by atoms with van der Waals surface area (Å²) in [5.41, 5.74) is 5.47. The van der Waals surface area contributed by atoms with Crippen molar-refractivity contribution >= 4 is 23.2 Å². The van der Waals surface area contributed by atoms with Crippen molar-refractivity contribution in [1.82, 2.24) is 19.4 Å². The number of primary amides is 1. The first-order chi connectivity index (χ1) is 16.5. The number of amides is 1. The van der Waals surface area contributed by atoms with Gasteiger partial charge in [0, 0.05) is 17.7 Å². The van der Waals surface area contributed by atoms with Crippen LogP contribution in [0.5, 0.6) is 0 Å². The fourth-order valence-corrected chi connectivity index (χ4v) is 4.69. The van der Waals surface area contributed by atoms with Gasteiger partial charge < -0.3 is 15.8 Å². The van der Waals surface area contributed by atoms with Crippen molar-refractivity contribution in [2.75, 3.05) is 11.9 Å². The highest BCUT2D eigenvalue weighted by molar-refractivity contribution is 5.64. The number of nitro groups is 1. The smallest absolute Gasteiger partial charge is 0.404 e. The molecule has 0 aromatic carbocycles. The Bertz CT molecular complexity index is 1260. The van der Waals surface area contributed by atoms with E-state index in [1.165, 1.54) is 28.9 Å². The minimum absolute atomic E-state index is 0.0832. The summed E-state index contributed by atoms with van der Waals surface area (Å²) in [4.78, 5) is 35.1. The zero-order chi connectivity index (χ0) is 25.4. The van der Waals surface area contributed by atoms with Gasteiger partial charge in [-0.2, -0.15) is 0 Å². The molecule has 1 amide bonds. The van der Waals surface area contributed by atoms with E-state index < -0.39 is 16.8 Å². The highest BCUT2D eigenvalue weighted by Crippen LogP contribution is 2.50. The van der Waals surface area contributed by atoms with Gasteiger partial charge in [-0.15, -0.1) is 0 Å². The summed E-state index contributed by atoms with van der Waals surface area (Å²) in [5.74, 6) is -0.180. The second-order valence-corrected chi connectivity index (χ2v) is 9.96. The molecule has 3 aromatic heterocycles. The second kappa shape index (κ2) is 9.08. The van der Waals surface area contributed by atoms with Gasteiger partial charge in [-0.05, 0) is 43.2 Å². The third-order valence-corrected chi connectivity index (χ3v) is 7.03. The average Bonchev–Trinajstić information content (AvgIpc) is 3.20. The molecular weight excluding hydrogens is 457 g/mol. The number of rotatable bonds is 6. The van der Waals surface area contributed by atoms with Gasteiger partial charge in [0.2, 0.25) is 5.82 Å². The molecule has 0 bridgehead atoms. The van der Waals surface area contributed by atoms with Crippen molar-refractivity contribution in [3.8, 4) is 11.5 Å². The summed E-state index contributed by atoms with van der Waals surface area (Å²) in [5, 5.41) is 14.9. The van der Waals surface area contributed by atoms with E-state index >= 15 is 0 Å². The lowest BCUT2D eigenvalue weighted by atomic mass is 9.59. The lowest BCUT2D eigenvalue weighted by molar-refractivity contribution is -0.384. The maximum Gasteiger partial charge on any atom is 0.404 e. The molecule has 4 rings (SSSR count). The third kappa shape index (κ3) is 4.86. The molecule has 1 aliphatic carbocycles. The Morgan fingerprint density at radius 2 is 2.03 bits per heavy atom. The van der Waals surface area contributed by atoms with Crippen LogP contribution in [0.3, 0.4) is 0 Å². The van der Waals surface area contributed by atoms with Crippen molar-refractivity contribution < 1.29 is 18.8 Å². The van der Waals surface area contributed by atoms with Crippen molar-refractivity contribution in [3.05, 3.63) is 46.7 Å². The molecule has 0 atom stereocenters. The van der Waals surface area contributed by atoms with Gasteiger partial charge in [0.1, 0.15) is 23.4 Å². The SMILES string of the molecule is CC(C)(C)C1(COC(N)=O)CCC(Nc2nc(-c3cnc4ccc(F)cn34)ncc2[N+](=O)[O-])CC1. The van der Waals surface area contributed by atoms with E-state index in [2.05, 4.69) is 41.0 Å². The minimum Gasteiger partial charge on any atom is -0.449 e. The van der Waals surface area contributed by atoms with Crippen LogP contribution in [0.25, 0.3) is 17.2 Å². The largest absolute Gasteiger partial charge is 0.449 e. The number of nitrogens with one attached hydrogen (secondary N) is 1. The summed E-state index contributed by atoms with van der Waals surface area (Å²) < 4.78 is 20.5. The van der Waals surface area contributed by atoms with Crippen molar-refractivity contribution in [2.24, 2.45) is 16.6 Å². The number of fused-ring (bicyclic) bond motifs is 1. The lowest BCUT2D eigenvalue weighted by Crippen LogP contribution is -2.46. The Hall–Kier alpha value is -3.83. The molecule has 0 aliphatic heterocycles. The molecule has 0 spiro atoms. The van der Waals surface area contributed by atoms with E-state index in [4.69, 9.17) is 10.5 Å². The summed E-state index contributed by atoms with van der Waals surface area (Å²) in [6.45, 7) is 6.53. The number of anilines is 1. The predicted molar refractivity (Wildman–Crippen MR) is 126 cm³/mol. The van der Waals surface area contributed by atoms with Crippen LogP contribution in [0.15, 0.2) is 30.7 Å². The first-order valence-corrected chi connectivity index (χ1v) is 11.3. The molecule has 1 fully saturated rings. The van der Waals surface area contributed by atoms with Crippen molar-refractivity contribution in [1.29, 1.82) is 0 Å². The van der Waals surface area contributed by atoms with Gasteiger partial charge >= 0.3 is 11.8 Å². The van der Waals surface area contributed by atoms with Gasteiger partial charge in [0.25, 0.3) is 0 Å². The van der Waals surface area contributed by atoms with Crippen LogP contribution in [0.4, 0.5) is 20.7 Å². The van der Waals surface area contributed by atoms with E-state index in [0.717, 1.165) is 19.0 Å². The first-order valence-electron chi connectivity index (χ1n) is 11.3. The molecule has 1 aliphatic rings. The predicted octanol–water partition coefficient (Wildman–Crippen LogP) is 4.32. The van der Waals surface area contributed by atoms with Crippen LogP contribution in [0.2, 0.25) is 0 Å². The van der Waals surface area contributed by atoms with Crippen LogP contribution in [0, 0.1) is 26.8 Å². The molecule has 0 unspecified atom stereocenters. The Morgan fingerprint density at radius 1 is 1.31 bits per heavy atom. The number of aromatic nitrogens is 4. The zero-order valence-electron chi connectivity index (χ0n) is 19.8. The maximum absolute atomic E-state index is 13.8. The number of carbonyl (C=O) groups excluding carboxylic acids is 1. The second-order valence-electron chi connectivity index (χ2n) is 9.96. The van der Waals surface area contributed by atoms with Gasteiger partial charge in [-0.1, -0.05) is 20.8 Å². The maximum atomic E-state index is 13.8. The van der Waals surface area contributed by atoms with Crippen LogP contribution in [-0.4, -0.2) is 43.0 Å². The minimum atomic E-state index is -0.801. The fraction of sp³-hybridized carbons (Fsp3) is 0.478. The molecular formula is C23H28FN7O4. The van der Waals surface area contributed by atoms with Gasteiger partial charge in [0.05, 0.1) is 17.7 Å². The highest BCUT2D eigenvalue weighted by atomic mass is 19.1. The topological polar surface area (TPSA) is 151 Å². The van der Waals surface area contributed by atoms with E-state index in [0.29, 0.717) is 24.2 Å². The lowest BCUT2D eigenvalue weighted by Gasteiger charge is -2.48. The normalized spacial score (nSPS) is 20.5. The Labute approximate surface area is 201 Å². The van der Waals surface area contributed by atoms with Gasteiger partial charge in [0.15, 0.2) is 5.82 Å². The molecule has 3 heterocycles. The first kappa shape index (κ1) is 24.3. The number of ether oxygens (including phenoxy) is 1. The fourth-order valence-electron chi connectivity index (χ4n) is 4.69. The molecule has 1 saturated carbocycles. The average molecular weight is 486 g/mol. The summed E-state index contributed by atoms with van der Waals surface area (Å²) >= 11 is 0. The number of halogens is 1. The van der Waals surface area contributed by atoms with E-state index in [1.54, 1.807) is 0 Å². The number of nitrogens with zero attached hydrogens (tertiary/aromatic N) is 5. The van der Waals surface area contributed by atoms with Crippen LogP contribution >= 0.6 is 0 Å². The van der Waals surface area contributed by atoms with Crippen LogP contribution in [0.1, 0.15) is 46.5 Å². The summed E-state index contributed by atoms with van der Waals surface area (Å²) in [7, 11) is 0. The standard InChI is InChI=1S/C23H28FN7O4/c1-22(2,3)23(13-35-21(25)32)8-6-15(7-9-23)28-20-17(31(33)34)11-27-19(29-20)16-10-26-18-5-4-14(24)12-30(16)18/h4-5,10-12,15H,6-9,13H2,1-3H3,(H2,25,32)(H,27,28,29). The molecule has 186 valence electrons. The Balaban J connectivity index is 1.59. The summed E-state index contributed by atoms with van der Waals surface area (Å²) in [6.07, 6.45) is 5.96. The number of carbonyl (C=O) groups is 1. The van der Waals surface area contributed by atoms with Gasteiger partial charge in [-0.3, -0.25) is 14.5 Å². The third-order valence-electron chi connectivity index (χ3n) is 7.03. The van der Waals surface area contributed by atoms with E-state index in [-0.39, 0.29) is 40.8 Å². The number of hydrogen-bond donors (Lipinski definition) is 2. The number of imidazole rings is 1. The van der Waals surface area contributed by atoms with Crippen molar-refractivity contribution in [3.63, 3.8) is 0 Å². The monoisotopic (exact) mass is 485 g/mol. The summed E-state index contributed by atoms with van der Waals surface area (Å²) in [6, 6.07) is 2.74. The van der Waals surface area contributed by atoms with E-state index in [1.807, 2.05) is 0 Å². The molecule has 0 radical (unpaired) electrons. The number of hydrogen-bond acceptors (Lipinski definition) is 8. The van der Waals surface area contributed by atoms with E-state index in [9.17, 15) is 19.3 Å². The van der Waals surface area contributed by atoms with Gasteiger partial charge in [-0.25, -0.2) is 24.1 Å². The Morgan fingerprint density at radius 3 is 2.66 bits per heavy atom.